The maximum atomic E-state index is 10.1. The maximum Gasteiger partial charge on any atom is 0.384 e. The third-order valence-electron chi connectivity index (χ3n) is 0.931. The van der Waals surface area contributed by atoms with Crippen molar-refractivity contribution in [3.8, 4) is 0 Å². The Morgan fingerprint density at radius 2 is 2.40 bits per heavy atom. The van der Waals surface area contributed by atoms with E-state index < -0.39 is 4.92 Å². The van der Waals surface area contributed by atoms with Crippen LogP contribution >= 0.6 is 11.6 Å². The standard InChI is InChI=1S/C3H3ClN4O2/c1-7-3(8(9)10)2(4)5-6-7/h1H3. The second kappa shape index (κ2) is 2.22. The van der Waals surface area contributed by atoms with Gasteiger partial charge in [-0.3, -0.25) is 0 Å². The molecule has 10 heavy (non-hydrogen) atoms. The van der Waals surface area contributed by atoms with Gasteiger partial charge in [0.1, 0.15) is 7.05 Å². The predicted octanol–water partition coefficient (Wildman–Crippen LogP) is 0.377. The molecule has 0 unspecified atom stereocenters. The molecule has 54 valence electrons. The van der Waals surface area contributed by atoms with Crippen molar-refractivity contribution >= 4 is 17.4 Å². The molecule has 0 aromatic carbocycles. The molecule has 0 saturated heterocycles. The fraction of sp³-hybridized carbons (Fsp3) is 0.333. The van der Waals surface area contributed by atoms with Crippen molar-refractivity contribution in [1.82, 2.24) is 15.0 Å². The van der Waals surface area contributed by atoms with Crippen molar-refractivity contribution < 1.29 is 4.92 Å². The minimum atomic E-state index is -0.637. The zero-order chi connectivity index (χ0) is 7.72. The fourth-order valence-electron chi connectivity index (χ4n) is 0.520. The summed E-state index contributed by atoms with van der Waals surface area (Å²) in [6.07, 6.45) is 0. The average Bonchev–Trinajstić information content (AvgIpc) is 2.11. The molecule has 0 aliphatic rings. The summed E-state index contributed by atoms with van der Waals surface area (Å²) in [5.74, 6) is -0.290. The summed E-state index contributed by atoms with van der Waals surface area (Å²) in [5.41, 5.74) is 0. The van der Waals surface area contributed by atoms with Gasteiger partial charge in [0.15, 0.2) is 0 Å². The van der Waals surface area contributed by atoms with E-state index in [-0.39, 0.29) is 11.0 Å². The minimum absolute atomic E-state index is 0.187. The number of aryl methyl sites for hydroxylation is 1. The molecular weight excluding hydrogens is 160 g/mol. The summed E-state index contributed by atoms with van der Waals surface area (Å²) < 4.78 is 1.00. The Kier molecular flexibility index (Phi) is 1.54. The summed E-state index contributed by atoms with van der Waals surface area (Å²) in [4.78, 5) is 9.49. The SMILES string of the molecule is Cn1nnc(Cl)c1[N+](=O)[O-]. The van der Waals surface area contributed by atoms with E-state index in [1.165, 1.54) is 7.05 Å². The second-order valence-electron chi connectivity index (χ2n) is 1.58. The molecule has 0 amide bonds. The highest BCUT2D eigenvalue weighted by molar-refractivity contribution is 6.31. The van der Waals surface area contributed by atoms with E-state index in [1.807, 2.05) is 0 Å². The lowest BCUT2D eigenvalue weighted by molar-refractivity contribution is -0.392. The Hall–Kier alpha value is -1.17. The van der Waals surface area contributed by atoms with Crippen molar-refractivity contribution in [2.75, 3.05) is 0 Å². The van der Waals surface area contributed by atoms with E-state index >= 15 is 0 Å². The third kappa shape index (κ3) is 0.926. The van der Waals surface area contributed by atoms with E-state index in [4.69, 9.17) is 11.6 Å². The topological polar surface area (TPSA) is 73.8 Å². The van der Waals surface area contributed by atoms with Crippen LogP contribution in [0.25, 0.3) is 0 Å². The van der Waals surface area contributed by atoms with E-state index in [1.54, 1.807) is 0 Å². The lowest BCUT2D eigenvalue weighted by Crippen LogP contribution is -1.98. The molecule has 1 heterocycles. The molecule has 7 heteroatoms. The molecule has 0 aliphatic carbocycles. The molecule has 0 saturated carbocycles. The summed E-state index contributed by atoms with van der Waals surface area (Å²) in [5, 5.41) is 16.5. The van der Waals surface area contributed by atoms with Gasteiger partial charge in [0.05, 0.1) is 0 Å². The number of halogens is 1. The molecule has 1 rings (SSSR count). The molecule has 0 radical (unpaired) electrons. The Labute approximate surface area is 60.5 Å². The third-order valence-corrected chi connectivity index (χ3v) is 1.18. The molecule has 1 aromatic rings. The van der Waals surface area contributed by atoms with Gasteiger partial charge in [-0.2, -0.15) is 0 Å². The van der Waals surface area contributed by atoms with Gasteiger partial charge in [-0.25, -0.2) is 0 Å². The van der Waals surface area contributed by atoms with Crippen LogP contribution in [0.4, 0.5) is 5.82 Å². The van der Waals surface area contributed by atoms with Crippen LogP contribution in [-0.2, 0) is 7.05 Å². The first-order valence-corrected chi connectivity index (χ1v) is 2.70. The quantitative estimate of drug-likeness (QED) is 0.442. The molecule has 6 nitrogen and oxygen atoms in total. The lowest BCUT2D eigenvalue weighted by atomic mass is 10.7. The predicted molar refractivity (Wildman–Crippen MR) is 32.7 cm³/mol. The lowest BCUT2D eigenvalue weighted by Gasteiger charge is -1.89. The van der Waals surface area contributed by atoms with Crippen molar-refractivity contribution in [3.05, 3.63) is 15.3 Å². The Bertz CT molecular complexity index is 250. The largest absolute Gasteiger partial charge is 0.384 e. The van der Waals surface area contributed by atoms with Gasteiger partial charge in [-0.1, -0.05) is 16.7 Å². The minimum Gasteiger partial charge on any atom is -0.358 e. The highest BCUT2D eigenvalue weighted by Gasteiger charge is 2.18. The second-order valence-corrected chi connectivity index (χ2v) is 1.94. The van der Waals surface area contributed by atoms with Gasteiger partial charge in [0.25, 0.3) is 5.15 Å². The van der Waals surface area contributed by atoms with Crippen LogP contribution in [0.5, 0.6) is 0 Å². The first-order valence-electron chi connectivity index (χ1n) is 2.32. The first-order chi connectivity index (χ1) is 4.63. The van der Waals surface area contributed by atoms with Gasteiger partial charge in [-0.05, 0) is 4.92 Å². The van der Waals surface area contributed by atoms with E-state index in [2.05, 4.69) is 10.3 Å². The molecule has 0 N–H and O–H groups in total. The average molecular weight is 163 g/mol. The van der Waals surface area contributed by atoms with E-state index in [9.17, 15) is 10.1 Å². The van der Waals surface area contributed by atoms with Gasteiger partial charge in [-0.15, -0.1) is 4.68 Å². The highest BCUT2D eigenvalue weighted by Crippen LogP contribution is 2.18. The molecular formula is C3H3ClN4O2. The Morgan fingerprint density at radius 1 is 1.80 bits per heavy atom. The van der Waals surface area contributed by atoms with Crippen LogP contribution in [0.1, 0.15) is 0 Å². The summed E-state index contributed by atoms with van der Waals surface area (Å²) in [7, 11) is 1.40. The number of hydrogen-bond acceptors (Lipinski definition) is 4. The number of hydrogen-bond donors (Lipinski definition) is 0. The van der Waals surface area contributed by atoms with Crippen molar-refractivity contribution in [3.63, 3.8) is 0 Å². The fourth-order valence-corrected chi connectivity index (χ4v) is 0.746. The number of nitrogens with zero attached hydrogens (tertiary/aromatic N) is 4. The van der Waals surface area contributed by atoms with Crippen LogP contribution in [0.2, 0.25) is 5.15 Å². The number of nitro groups is 1. The monoisotopic (exact) mass is 162 g/mol. The maximum absolute atomic E-state index is 10.1. The number of rotatable bonds is 1. The normalized spacial score (nSPS) is 9.80. The van der Waals surface area contributed by atoms with Gasteiger partial charge in [0.2, 0.25) is 0 Å². The molecule has 0 aliphatic heterocycles. The summed E-state index contributed by atoms with van der Waals surface area (Å²) in [6.45, 7) is 0. The molecule has 0 bridgehead atoms. The van der Waals surface area contributed by atoms with Crippen LogP contribution < -0.4 is 0 Å². The zero-order valence-electron chi connectivity index (χ0n) is 4.98. The van der Waals surface area contributed by atoms with Crippen molar-refractivity contribution in [2.45, 2.75) is 0 Å². The summed E-state index contributed by atoms with van der Waals surface area (Å²) >= 11 is 5.30. The first kappa shape index (κ1) is 6.94. The van der Waals surface area contributed by atoms with Gasteiger partial charge in [0, 0.05) is 5.21 Å². The van der Waals surface area contributed by atoms with Gasteiger partial charge < -0.3 is 10.1 Å². The Morgan fingerprint density at radius 3 is 2.60 bits per heavy atom. The van der Waals surface area contributed by atoms with Crippen LogP contribution in [0, 0.1) is 10.1 Å². The molecule has 0 atom stereocenters. The van der Waals surface area contributed by atoms with Crippen LogP contribution in [0.15, 0.2) is 0 Å². The zero-order valence-corrected chi connectivity index (χ0v) is 5.74. The smallest absolute Gasteiger partial charge is 0.358 e. The highest BCUT2D eigenvalue weighted by atomic mass is 35.5. The molecule has 1 aromatic heterocycles. The van der Waals surface area contributed by atoms with Crippen LogP contribution in [0.3, 0.4) is 0 Å². The Balaban J connectivity index is 3.23. The van der Waals surface area contributed by atoms with E-state index in [0.717, 1.165) is 4.68 Å². The van der Waals surface area contributed by atoms with Crippen molar-refractivity contribution in [2.24, 2.45) is 7.05 Å². The van der Waals surface area contributed by atoms with Crippen molar-refractivity contribution in [1.29, 1.82) is 0 Å². The van der Waals surface area contributed by atoms with E-state index in [0.29, 0.717) is 0 Å². The molecule has 0 fully saturated rings. The number of aromatic nitrogens is 3. The molecule has 0 spiro atoms. The van der Waals surface area contributed by atoms with Gasteiger partial charge >= 0.3 is 5.82 Å². The summed E-state index contributed by atoms with van der Waals surface area (Å²) in [6, 6.07) is 0. The van der Waals surface area contributed by atoms with Crippen LogP contribution in [-0.4, -0.2) is 19.9 Å².